The Kier molecular flexibility index (Phi) is 5.50. The predicted octanol–water partition coefficient (Wildman–Crippen LogP) is 3.38. The fourth-order valence-corrected chi connectivity index (χ4v) is 4.11. The van der Waals surface area contributed by atoms with E-state index in [2.05, 4.69) is 5.10 Å². The normalized spacial score (nSPS) is 16.5. The van der Waals surface area contributed by atoms with E-state index in [9.17, 15) is 9.59 Å². The van der Waals surface area contributed by atoms with Crippen molar-refractivity contribution in [3.05, 3.63) is 71.5 Å². The number of aromatic nitrogens is 2. The molecule has 7 heteroatoms. The summed E-state index contributed by atoms with van der Waals surface area (Å²) in [6, 6.07) is 16.6. The van der Waals surface area contributed by atoms with Gasteiger partial charge in [0, 0.05) is 29.6 Å². The minimum Gasteiger partial charge on any atom is -0.497 e. The number of rotatable bonds is 4. The van der Waals surface area contributed by atoms with Crippen LogP contribution in [0.2, 0.25) is 0 Å². The Labute approximate surface area is 181 Å². The number of hydrogen-bond donors (Lipinski definition) is 0. The smallest absolute Gasteiger partial charge is 0.254 e. The topological polar surface area (TPSA) is 67.7 Å². The van der Waals surface area contributed by atoms with E-state index in [1.165, 1.54) is 0 Å². The highest BCUT2D eigenvalue weighted by molar-refractivity contribution is 6.02. The molecule has 2 amide bonds. The first kappa shape index (κ1) is 20.7. The summed E-state index contributed by atoms with van der Waals surface area (Å²) in [6.07, 6.45) is 0. The van der Waals surface area contributed by atoms with Crippen molar-refractivity contribution in [1.29, 1.82) is 0 Å². The summed E-state index contributed by atoms with van der Waals surface area (Å²) >= 11 is 0. The van der Waals surface area contributed by atoms with Gasteiger partial charge < -0.3 is 14.5 Å². The fraction of sp³-hybridized carbons (Fsp3) is 0.292. The molecule has 1 saturated heterocycles. The van der Waals surface area contributed by atoms with Crippen LogP contribution in [0.4, 0.5) is 5.69 Å². The standard InChI is InChI=1S/C24H26N4O3/c1-16-11-17(2)28(25-16)21-9-5-7-19(12-21)24(30)26-14-18(3)27(23(29)15-26)20-8-6-10-22(13-20)31-4/h5-13,18H,14-15H2,1-4H3/t18-/m1/s1. The molecule has 2 aromatic carbocycles. The van der Waals surface area contributed by atoms with Crippen LogP contribution in [-0.4, -0.2) is 52.7 Å². The molecule has 7 nitrogen and oxygen atoms in total. The molecule has 1 aromatic heterocycles. The molecule has 1 fully saturated rings. The number of amides is 2. The lowest BCUT2D eigenvalue weighted by Crippen LogP contribution is -2.57. The maximum absolute atomic E-state index is 13.2. The van der Waals surface area contributed by atoms with Crippen molar-refractivity contribution in [3.8, 4) is 11.4 Å². The Morgan fingerprint density at radius 1 is 1.06 bits per heavy atom. The first-order valence-electron chi connectivity index (χ1n) is 10.3. The third-order valence-corrected chi connectivity index (χ3v) is 5.49. The lowest BCUT2D eigenvalue weighted by molar-refractivity contribution is -0.121. The Hall–Kier alpha value is -3.61. The van der Waals surface area contributed by atoms with Gasteiger partial charge in [0.05, 0.1) is 24.5 Å². The summed E-state index contributed by atoms with van der Waals surface area (Å²) < 4.78 is 7.10. The second kappa shape index (κ2) is 8.26. The number of nitrogens with zero attached hydrogens (tertiary/aromatic N) is 4. The Morgan fingerprint density at radius 3 is 2.48 bits per heavy atom. The van der Waals surface area contributed by atoms with Crippen molar-refractivity contribution in [2.24, 2.45) is 0 Å². The zero-order valence-corrected chi connectivity index (χ0v) is 18.2. The quantitative estimate of drug-likeness (QED) is 0.652. The van der Waals surface area contributed by atoms with Gasteiger partial charge in [-0.1, -0.05) is 12.1 Å². The number of carbonyl (C=O) groups is 2. The third-order valence-electron chi connectivity index (χ3n) is 5.49. The number of piperazine rings is 1. The van der Waals surface area contributed by atoms with Crippen LogP contribution in [-0.2, 0) is 4.79 Å². The number of aryl methyl sites for hydroxylation is 2. The second-order valence-corrected chi connectivity index (χ2v) is 7.89. The second-order valence-electron chi connectivity index (χ2n) is 7.89. The zero-order chi connectivity index (χ0) is 22.1. The molecule has 0 spiro atoms. The SMILES string of the molecule is COc1cccc(N2C(=O)CN(C(=O)c3cccc(-n4nc(C)cc4C)c3)C[C@H]2C)c1. The minimum absolute atomic E-state index is 0.0323. The van der Waals surface area contributed by atoms with Gasteiger partial charge in [-0.25, -0.2) is 4.68 Å². The van der Waals surface area contributed by atoms with Crippen molar-refractivity contribution < 1.29 is 14.3 Å². The maximum atomic E-state index is 13.2. The van der Waals surface area contributed by atoms with E-state index < -0.39 is 0 Å². The molecule has 31 heavy (non-hydrogen) atoms. The van der Waals surface area contributed by atoms with Gasteiger partial charge in [0.1, 0.15) is 12.3 Å². The predicted molar refractivity (Wildman–Crippen MR) is 119 cm³/mol. The lowest BCUT2D eigenvalue weighted by Gasteiger charge is -2.39. The number of ether oxygens (including phenoxy) is 1. The average Bonchev–Trinajstić information content (AvgIpc) is 3.11. The van der Waals surface area contributed by atoms with Gasteiger partial charge in [-0.3, -0.25) is 9.59 Å². The molecule has 160 valence electrons. The molecular weight excluding hydrogens is 392 g/mol. The lowest BCUT2D eigenvalue weighted by atomic mass is 10.1. The highest BCUT2D eigenvalue weighted by Crippen LogP contribution is 2.26. The summed E-state index contributed by atoms with van der Waals surface area (Å²) in [4.78, 5) is 29.5. The molecule has 0 N–H and O–H groups in total. The third kappa shape index (κ3) is 4.03. The molecule has 1 aliphatic rings. The molecule has 0 radical (unpaired) electrons. The van der Waals surface area contributed by atoms with Gasteiger partial charge in [0.25, 0.3) is 5.91 Å². The van der Waals surface area contributed by atoms with Gasteiger partial charge in [0.2, 0.25) is 5.91 Å². The van der Waals surface area contributed by atoms with E-state index in [1.807, 2.05) is 74.0 Å². The molecular formula is C24H26N4O3. The Morgan fingerprint density at radius 2 is 1.81 bits per heavy atom. The first-order valence-corrected chi connectivity index (χ1v) is 10.3. The van der Waals surface area contributed by atoms with Crippen LogP contribution in [0.15, 0.2) is 54.6 Å². The number of hydrogen-bond acceptors (Lipinski definition) is 4. The summed E-state index contributed by atoms with van der Waals surface area (Å²) in [5.74, 6) is 0.417. The van der Waals surface area contributed by atoms with Gasteiger partial charge in [-0.05, 0) is 57.2 Å². The summed E-state index contributed by atoms with van der Waals surface area (Å²) in [5.41, 5.74) is 4.06. The van der Waals surface area contributed by atoms with Crippen LogP contribution in [0, 0.1) is 13.8 Å². The van der Waals surface area contributed by atoms with Crippen LogP contribution in [0.25, 0.3) is 5.69 Å². The Bertz CT molecular complexity index is 1140. The maximum Gasteiger partial charge on any atom is 0.254 e. The number of methoxy groups -OCH3 is 1. The van der Waals surface area contributed by atoms with Gasteiger partial charge in [-0.15, -0.1) is 0 Å². The van der Waals surface area contributed by atoms with Crippen LogP contribution in [0.5, 0.6) is 5.75 Å². The van der Waals surface area contributed by atoms with Crippen LogP contribution in [0.1, 0.15) is 28.7 Å². The van der Waals surface area contributed by atoms with E-state index in [4.69, 9.17) is 4.74 Å². The van der Waals surface area contributed by atoms with Crippen molar-refractivity contribution in [2.75, 3.05) is 25.1 Å². The summed E-state index contributed by atoms with van der Waals surface area (Å²) in [6.45, 7) is 6.35. The average molecular weight is 418 g/mol. The van der Waals surface area contributed by atoms with Crippen molar-refractivity contribution in [1.82, 2.24) is 14.7 Å². The number of benzene rings is 2. The molecule has 2 heterocycles. The van der Waals surface area contributed by atoms with E-state index >= 15 is 0 Å². The summed E-state index contributed by atoms with van der Waals surface area (Å²) in [5, 5.41) is 4.50. The number of anilines is 1. The first-order chi connectivity index (χ1) is 14.9. The van der Waals surface area contributed by atoms with Crippen LogP contribution >= 0.6 is 0 Å². The highest BCUT2D eigenvalue weighted by atomic mass is 16.5. The van der Waals surface area contributed by atoms with E-state index in [1.54, 1.807) is 23.0 Å². The zero-order valence-electron chi connectivity index (χ0n) is 18.2. The van der Waals surface area contributed by atoms with E-state index in [0.29, 0.717) is 17.9 Å². The van der Waals surface area contributed by atoms with E-state index in [0.717, 1.165) is 22.8 Å². The molecule has 0 saturated carbocycles. The molecule has 0 bridgehead atoms. The molecule has 1 aliphatic heterocycles. The molecule has 4 rings (SSSR count). The van der Waals surface area contributed by atoms with Crippen LogP contribution < -0.4 is 9.64 Å². The van der Waals surface area contributed by atoms with Crippen molar-refractivity contribution in [3.63, 3.8) is 0 Å². The van der Waals surface area contributed by atoms with Gasteiger partial charge in [0.15, 0.2) is 0 Å². The van der Waals surface area contributed by atoms with Crippen molar-refractivity contribution in [2.45, 2.75) is 26.8 Å². The van der Waals surface area contributed by atoms with Crippen LogP contribution in [0.3, 0.4) is 0 Å². The monoisotopic (exact) mass is 418 g/mol. The minimum atomic E-state index is -0.158. The number of carbonyl (C=O) groups excluding carboxylic acids is 2. The molecule has 0 aliphatic carbocycles. The molecule has 3 aromatic rings. The van der Waals surface area contributed by atoms with Gasteiger partial charge in [-0.2, -0.15) is 5.10 Å². The summed E-state index contributed by atoms with van der Waals surface area (Å²) in [7, 11) is 1.60. The van der Waals surface area contributed by atoms with Gasteiger partial charge >= 0.3 is 0 Å². The highest BCUT2D eigenvalue weighted by Gasteiger charge is 2.33. The van der Waals surface area contributed by atoms with E-state index in [-0.39, 0.29) is 24.4 Å². The Balaban J connectivity index is 1.55. The largest absolute Gasteiger partial charge is 0.497 e. The molecule has 1 atom stereocenters. The van der Waals surface area contributed by atoms with Crippen molar-refractivity contribution >= 4 is 17.5 Å². The fourth-order valence-electron chi connectivity index (χ4n) is 4.11. The molecule has 0 unspecified atom stereocenters.